The molecule has 0 saturated carbocycles. The van der Waals surface area contributed by atoms with E-state index in [-0.39, 0.29) is 5.76 Å². The van der Waals surface area contributed by atoms with Crippen molar-refractivity contribution in [2.24, 2.45) is 0 Å². The first-order valence-corrected chi connectivity index (χ1v) is 4.69. The van der Waals surface area contributed by atoms with Crippen molar-refractivity contribution < 1.29 is 22.4 Å². The molecule has 1 aromatic carbocycles. The summed E-state index contributed by atoms with van der Waals surface area (Å²) in [4.78, 5) is 0. The maximum atomic E-state index is 12.3. The van der Waals surface area contributed by atoms with E-state index in [1.54, 1.807) is 24.3 Å². The number of nitrogens with zero attached hydrogens (tertiary/aromatic N) is 1. The maximum Gasteiger partial charge on any atom is 0.436 e. The van der Waals surface area contributed by atoms with E-state index in [1.165, 1.54) is 7.11 Å². The second-order valence-corrected chi connectivity index (χ2v) is 3.31. The lowest BCUT2D eigenvalue weighted by atomic mass is 10.1. The van der Waals surface area contributed by atoms with Gasteiger partial charge in [0.1, 0.15) is 5.75 Å². The Morgan fingerprint density at radius 3 is 2.59 bits per heavy atom. The Bertz CT molecular complexity index is 519. The van der Waals surface area contributed by atoms with Gasteiger partial charge in [0.15, 0.2) is 11.5 Å². The van der Waals surface area contributed by atoms with Crippen LogP contribution in [0.5, 0.6) is 5.75 Å². The Morgan fingerprint density at radius 2 is 2.00 bits per heavy atom. The first-order valence-electron chi connectivity index (χ1n) is 4.69. The molecule has 17 heavy (non-hydrogen) atoms. The van der Waals surface area contributed by atoms with Crippen LogP contribution < -0.4 is 4.74 Å². The van der Waals surface area contributed by atoms with Crippen molar-refractivity contribution in [3.63, 3.8) is 0 Å². The third kappa shape index (κ3) is 2.41. The molecule has 2 aromatic rings. The summed E-state index contributed by atoms with van der Waals surface area (Å²) in [5.74, 6) is 0.587. The van der Waals surface area contributed by atoms with Crippen molar-refractivity contribution >= 4 is 0 Å². The van der Waals surface area contributed by atoms with Crippen molar-refractivity contribution in [1.82, 2.24) is 5.16 Å². The lowest BCUT2D eigenvalue weighted by molar-refractivity contribution is -0.142. The minimum absolute atomic E-state index is 0.0521. The first-order chi connectivity index (χ1) is 8.00. The standard InChI is InChI=1S/C11H8F3NO2/c1-16-8-4-2-3-7(5-8)9-6-10(15-17-9)11(12,13)14/h2-6H,1H3. The molecule has 3 nitrogen and oxygen atoms in total. The summed E-state index contributed by atoms with van der Waals surface area (Å²) < 4.78 is 46.6. The van der Waals surface area contributed by atoms with Crippen molar-refractivity contribution in [2.45, 2.75) is 6.18 Å². The Morgan fingerprint density at radius 1 is 1.24 bits per heavy atom. The van der Waals surface area contributed by atoms with Gasteiger partial charge in [0.05, 0.1) is 7.11 Å². The number of ether oxygens (including phenoxy) is 1. The zero-order valence-corrected chi connectivity index (χ0v) is 8.78. The molecule has 2 rings (SSSR count). The van der Waals surface area contributed by atoms with Crippen LogP contribution in [0.25, 0.3) is 11.3 Å². The molecule has 0 aliphatic carbocycles. The Balaban J connectivity index is 2.37. The van der Waals surface area contributed by atoms with Crippen molar-refractivity contribution in [2.75, 3.05) is 7.11 Å². The summed E-state index contributed by atoms with van der Waals surface area (Å²) in [6, 6.07) is 7.38. The highest BCUT2D eigenvalue weighted by Crippen LogP contribution is 2.32. The van der Waals surface area contributed by atoms with E-state index in [2.05, 4.69) is 9.68 Å². The highest BCUT2D eigenvalue weighted by atomic mass is 19.4. The fraction of sp³-hybridized carbons (Fsp3) is 0.182. The van der Waals surface area contributed by atoms with Gasteiger partial charge < -0.3 is 9.26 Å². The number of methoxy groups -OCH3 is 1. The quantitative estimate of drug-likeness (QED) is 0.811. The Labute approximate surface area is 94.8 Å². The molecule has 0 fully saturated rings. The minimum atomic E-state index is -4.50. The average Bonchev–Trinajstić information content (AvgIpc) is 2.78. The second kappa shape index (κ2) is 4.12. The number of rotatable bonds is 2. The van der Waals surface area contributed by atoms with E-state index in [4.69, 9.17) is 4.74 Å². The molecule has 0 atom stereocenters. The molecule has 6 heteroatoms. The fourth-order valence-corrected chi connectivity index (χ4v) is 1.32. The van der Waals surface area contributed by atoms with Crippen LogP contribution >= 0.6 is 0 Å². The third-order valence-electron chi connectivity index (χ3n) is 2.15. The molecule has 0 amide bonds. The molecule has 0 aliphatic rings. The van der Waals surface area contributed by atoms with Gasteiger partial charge in [-0.15, -0.1) is 0 Å². The minimum Gasteiger partial charge on any atom is -0.497 e. The van der Waals surface area contributed by atoms with Gasteiger partial charge in [0.2, 0.25) is 0 Å². The summed E-state index contributed by atoms with van der Waals surface area (Å²) in [5, 5.41) is 2.98. The van der Waals surface area contributed by atoms with E-state index in [0.717, 1.165) is 6.07 Å². The third-order valence-corrected chi connectivity index (χ3v) is 2.15. The lowest BCUT2D eigenvalue weighted by Gasteiger charge is -2.00. The van der Waals surface area contributed by atoms with Gasteiger partial charge in [-0.1, -0.05) is 17.3 Å². The number of halogens is 3. The number of alkyl halides is 3. The van der Waals surface area contributed by atoms with Gasteiger partial charge in [-0.3, -0.25) is 0 Å². The summed E-state index contributed by atoms with van der Waals surface area (Å²) in [6.07, 6.45) is -4.50. The topological polar surface area (TPSA) is 35.3 Å². The molecule has 0 radical (unpaired) electrons. The maximum absolute atomic E-state index is 12.3. The van der Waals surface area contributed by atoms with Crippen LogP contribution in [0.1, 0.15) is 5.69 Å². The molecular formula is C11H8F3NO2. The van der Waals surface area contributed by atoms with Crippen LogP contribution in [0.3, 0.4) is 0 Å². The monoisotopic (exact) mass is 243 g/mol. The number of hydrogen-bond donors (Lipinski definition) is 0. The molecule has 0 bridgehead atoms. The van der Waals surface area contributed by atoms with Gasteiger partial charge >= 0.3 is 6.18 Å². The Kier molecular flexibility index (Phi) is 2.79. The first kappa shape index (κ1) is 11.5. The summed E-state index contributed by atoms with van der Waals surface area (Å²) in [5.41, 5.74) is -0.567. The van der Waals surface area contributed by atoms with Crippen molar-refractivity contribution in [3.8, 4) is 17.1 Å². The van der Waals surface area contributed by atoms with Gasteiger partial charge in [-0.25, -0.2) is 0 Å². The van der Waals surface area contributed by atoms with E-state index in [9.17, 15) is 13.2 Å². The van der Waals surface area contributed by atoms with Crippen LogP contribution in [0.4, 0.5) is 13.2 Å². The SMILES string of the molecule is COc1cccc(-c2cc(C(F)(F)F)no2)c1. The predicted octanol–water partition coefficient (Wildman–Crippen LogP) is 3.37. The van der Waals surface area contributed by atoms with Crippen LogP contribution in [0.2, 0.25) is 0 Å². The van der Waals surface area contributed by atoms with Gasteiger partial charge in [0.25, 0.3) is 0 Å². The van der Waals surface area contributed by atoms with E-state index < -0.39 is 11.9 Å². The van der Waals surface area contributed by atoms with E-state index in [1.807, 2.05) is 0 Å². The largest absolute Gasteiger partial charge is 0.497 e. The van der Waals surface area contributed by atoms with Crippen LogP contribution in [0.15, 0.2) is 34.9 Å². The van der Waals surface area contributed by atoms with Gasteiger partial charge in [-0.2, -0.15) is 13.2 Å². The summed E-state index contributed by atoms with van der Waals surface area (Å²) in [7, 11) is 1.47. The van der Waals surface area contributed by atoms with Gasteiger partial charge in [0, 0.05) is 11.6 Å². The molecule has 0 saturated heterocycles. The predicted molar refractivity (Wildman–Crippen MR) is 53.5 cm³/mol. The molecule has 1 aromatic heterocycles. The van der Waals surface area contributed by atoms with E-state index >= 15 is 0 Å². The summed E-state index contributed by atoms with van der Waals surface area (Å²) in [6.45, 7) is 0. The zero-order chi connectivity index (χ0) is 12.5. The fourth-order valence-electron chi connectivity index (χ4n) is 1.32. The molecule has 1 heterocycles. The number of benzene rings is 1. The summed E-state index contributed by atoms with van der Waals surface area (Å²) >= 11 is 0. The van der Waals surface area contributed by atoms with Crippen molar-refractivity contribution in [3.05, 3.63) is 36.0 Å². The molecule has 0 aliphatic heterocycles. The number of hydrogen-bond acceptors (Lipinski definition) is 3. The molecular weight excluding hydrogens is 235 g/mol. The average molecular weight is 243 g/mol. The highest BCUT2D eigenvalue weighted by molar-refractivity contribution is 5.59. The second-order valence-electron chi connectivity index (χ2n) is 3.31. The molecule has 0 unspecified atom stereocenters. The smallest absolute Gasteiger partial charge is 0.436 e. The molecule has 0 spiro atoms. The van der Waals surface area contributed by atoms with E-state index in [0.29, 0.717) is 11.3 Å². The lowest BCUT2D eigenvalue weighted by Crippen LogP contribution is -2.04. The number of aromatic nitrogens is 1. The van der Waals surface area contributed by atoms with Gasteiger partial charge in [-0.05, 0) is 12.1 Å². The normalized spacial score (nSPS) is 11.5. The van der Waals surface area contributed by atoms with Crippen LogP contribution in [-0.2, 0) is 6.18 Å². The molecule has 0 N–H and O–H groups in total. The Hall–Kier alpha value is -1.98. The van der Waals surface area contributed by atoms with Crippen molar-refractivity contribution in [1.29, 1.82) is 0 Å². The van der Waals surface area contributed by atoms with Crippen LogP contribution in [-0.4, -0.2) is 12.3 Å². The highest BCUT2D eigenvalue weighted by Gasteiger charge is 2.35. The zero-order valence-electron chi connectivity index (χ0n) is 8.78. The molecule has 90 valence electrons. The van der Waals surface area contributed by atoms with Crippen LogP contribution in [0, 0.1) is 0 Å².